The quantitative estimate of drug-likeness (QED) is 0.827. The molecule has 3 rings (SSSR count). The van der Waals surface area contributed by atoms with Gasteiger partial charge in [0.25, 0.3) is 0 Å². The van der Waals surface area contributed by atoms with Gasteiger partial charge in [-0.25, -0.2) is 4.98 Å². The molecule has 0 aliphatic carbocycles. The first-order valence-electron chi connectivity index (χ1n) is 5.20. The fraction of sp³-hybridized carbons (Fsp3) is 0.364. The van der Waals surface area contributed by atoms with E-state index in [-0.39, 0.29) is 0 Å². The average Bonchev–Trinajstić information content (AvgIpc) is 2.67. The minimum Gasteiger partial charge on any atom is -0.486 e. The fourth-order valence-electron chi connectivity index (χ4n) is 1.74. The first kappa shape index (κ1) is 9.47. The number of fused-ring (bicyclic) bond motifs is 2. The maximum absolute atomic E-state index is 5.57. The fourth-order valence-corrected chi connectivity index (χ4v) is 1.74. The molecule has 1 aromatic carbocycles. The molecule has 2 aromatic rings. The second-order valence-corrected chi connectivity index (χ2v) is 3.60. The van der Waals surface area contributed by atoms with E-state index in [9.17, 15) is 0 Å². The molecule has 1 N–H and O–H groups in total. The molecule has 1 aromatic heterocycles. The van der Waals surface area contributed by atoms with Crippen LogP contribution in [-0.4, -0.2) is 25.2 Å². The van der Waals surface area contributed by atoms with Gasteiger partial charge in [0.1, 0.15) is 18.7 Å². The first-order chi connectivity index (χ1) is 7.86. The van der Waals surface area contributed by atoms with E-state index in [4.69, 9.17) is 13.9 Å². The number of nitrogens with zero attached hydrogens (tertiary/aromatic N) is 1. The average molecular weight is 220 g/mol. The molecule has 0 unspecified atom stereocenters. The van der Waals surface area contributed by atoms with Crippen LogP contribution >= 0.6 is 0 Å². The SMILES string of the molecule is CNCc1nc2cc3c(cc2o1)OCCO3. The summed E-state index contributed by atoms with van der Waals surface area (Å²) in [4.78, 5) is 4.35. The van der Waals surface area contributed by atoms with Crippen molar-refractivity contribution in [2.75, 3.05) is 20.3 Å². The van der Waals surface area contributed by atoms with Crippen LogP contribution in [0.15, 0.2) is 16.5 Å². The van der Waals surface area contributed by atoms with Crippen LogP contribution in [0.2, 0.25) is 0 Å². The van der Waals surface area contributed by atoms with Crippen molar-refractivity contribution in [3.8, 4) is 11.5 Å². The Bertz CT molecular complexity index is 478. The summed E-state index contributed by atoms with van der Waals surface area (Å²) in [5.74, 6) is 2.13. The summed E-state index contributed by atoms with van der Waals surface area (Å²) in [7, 11) is 1.85. The number of aromatic nitrogens is 1. The third-order valence-electron chi connectivity index (χ3n) is 2.42. The number of benzene rings is 1. The van der Waals surface area contributed by atoms with Gasteiger partial charge in [-0.3, -0.25) is 0 Å². The van der Waals surface area contributed by atoms with Crippen molar-refractivity contribution in [2.45, 2.75) is 6.54 Å². The Labute approximate surface area is 92.4 Å². The molecule has 84 valence electrons. The Kier molecular flexibility index (Phi) is 2.18. The number of oxazole rings is 1. The van der Waals surface area contributed by atoms with Crippen LogP contribution in [0.3, 0.4) is 0 Å². The van der Waals surface area contributed by atoms with E-state index < -0.39 is 0 Å². The number of rotatable bonds is 2. The van der Waals surface area contributed by atoms with Gasteiger partial charge in [-0.1, -0.05) is 0 Å². The summed E-state index contributed by atoms with van der Waals surface area (Å²) in [6.45, 7) is 1.77. The zero-order chi connectivity index (χ0) is 11.0. The van der Waals surface area contributed by atoms with Gasteiger partial charge in [0, 0.05) is 12.1 Å². The van der Waals surface area contributed by atoms with Gasteiger partial charge in [0.2, 0.25) is 5.89 Å². The maximum Gasteiger partial charge on any atom is 0.209 e. The van der Waals surface area contributed by atoms with E-state index in [2.05, 4.69) is 10.3 Å². The summed E-state index contributed by atoms with van der Waals surface area (Å²) in [6.07, 6.45) is 0. The highest BCUT2D eigenvalue weighted by molar-refractivity contribution is 5.77. The molecule has 0 saturated heterocycles. The van der Waals surface area contributed by atoms with E-state index in [0.717, 1.165) is 22.6 Å². The molecular weight excluding hydrogens is 208 g/mol. The maximum atomic E-state index is 5.57. The molecule has 5 nitrogen and oxygen atoms in total. The Hall–Kier alpha value is -1.75. The minimum atomic E-state index is 0.579. The highest BCUT2D eigenvalue weighted by Gasteiger charge is 2.15. The summed E-state index contributed by atoms with van der Waals surface area (Å²) in [5, 5.41) is 3.00. The summed E-state index contributed by atoms with van der Waals surface area (Å²) >= 11 is 0. The van der Waals surface area contributed by atoms with Crippen molar-refractivity contribution >= 4 is 11.1 Å². The lowest BCUT2D eigenvalue weighted by molar-refractivity contribution is 0.172. The Balaban J connectivity index is 2.09. The van der Waals surface area contributed by atoms with Crippen LogP contribution in [-0.2, 0) is 6.54 Å². The van der Waals surface area contributed by atoms with Crippen molar-refractivity contribution in [3.63, 3.8) is 0 Å². The highest BCUT2D eigenvalue weighted by Crippen LogP contribution is 2.34. The van der Waals surface area contributed by atoms with Gasteiger partial charge < -0.3 is 19.2 Å². The van der Waals surface area contributed by atoms with Crippen LogP contribution < -0.4 is 14.8 Å². The van der Waals surface area contributed by atoms with Crippen LogP contribution in [0.5, 0.6) is 11.5 Å². The molecule has 0 spiro atoms. The van der Waals surface area contributed by atoms with Gasteiger partial charge >= 0.3 is 0 Å². The smallest absolute Gasteiger partial charge is 0.209 e. The number of ether oxygens (including phenoxy) is 2. The summed E-state index contributed by atoms with van der Waals surface area (Å²) in [6, 6.07) is 3.68. The molecule has 0 atom stereocenters. The third kappa shape index (κ3) is 1.49. The zero-order valence-electron chi connectivity index (χ0n) is 8.95. The molecule has 1 aliphatic rings. The van der Waals surface area contributed by atoms with Gasteiger partial charge in [0.05, 0.1) is 6.54 Å². The molecule has 0 saturated carbocycles. The van der Waals surface area contributed by atoms with Crippen LogP contribution in [0.25, 0.3) is 11.1 Å². The summed E-state index contributed by atoms with van der Waals surface area (Å²) < 4.78 is 16.5. The molecule has 5 heteroatoms. The molecule has 0 fully saturated rings. The molecule has 16 heavy (non-hydrogen) atoms. The van der Waals surface area contributed by atoms with Crippen LogP contribution in [0, 0.1) is 0 Å². The zero-order valence-corrected chi connectivity index (χ0v) is 8.95. The Morgan fingerprint density at radius 2 is 2.00 bits per heavy atom. The van der Waals surface area contributed by atoms with E-state index in [1.54, 1.807) is 0 Å². The number of nitrogens with one attached hydrogen (secondary N) is 1. The molecular formula is C11H12N2O3. The first-order valence-corrected chi connectivity index (χ1v) is 5.20. The predicted octanol–water partition coefficient (Wildman–Crippen LogP) is 1.32. The lowest BCUT2D eigenvalue weighted by Gasteiger charge is -2.17. The van der Waals surface area contributed by atoms with Crippen LogP contribution in [0.4, 0.5) is 0 Å². The topological polar surface area (TPSA) is 56.5 Å². The van der Waals surface area contributed by atoms with Crippen molar-refractivity contribution in [1.29, 1.82) is 0 Å². The largest absolute Gasteiger partial charge is 0.486 e. The third-order valence-corrected chi connectivity index (χ3v) is 2.42. The second-order valence-electron chi connectivity index (χ2n) is 3.60. The lowest BCUT2D eigenvalue weighted by atomic mass is 10.2. The van der Waals surface area contributed by atoms with Crippen molar-refractivity contribution in [3.05, 3.63) is 18.0 Å². The van der Waals surface area contributed by atoms with Crippen LogP contribution in [0.1, 0.15) is 5.89 Å². The standard InChI is InChI=1S/C11H12N2O3/c1-12-6-11-13-7-4-9-10(5-8(7)16-11)15-3-2-14-9/h4-5,12H,2-3,6H2,1H3. The molecule has 0 bridgehead atoms. The molecule has 2 heterocycles. The lowest BCUT2D eigenvalue weighted by Crippen LogP contribution is -2.15. The Morgan fingerprint density at radius 1 is 1.25 bits per heavy atom. The van der Waals surface area contributed by atoms with Gasteiger partial charge in [-0.05, 0) is 7.05 Å². The minimum absolute atomic E-state index is 0.579. The predicted molar refractivity (Wildman–Crippen MR) is 57.8 cm³/mol. The Morgan fingerprint density at radius 3 is 2.75 bits per heavy atom. The van der Waals surface area contributed by atoms with Crippen molar-refractivity contribution < 1.29 is 13.9 Å². The van der Waals surface area contributed by atoms with E-state index in [1.165, 1.54) is 0 Å². The highest BCUT2D eigenvalue weighted by atomic mass is 16.6. The van der Waals surface area contributed by atoms with Gasteiger partial charge in [-0.2, -0.15) is 0 Å². The van der Waals surface area contributed by atoms with Gasteiger partial charge in [-0.15, -0.1) is 0 Å². The monoisotopic (exact) mass is 220 g/mol. The summed E-state index contributed by atoms with van der Waals surface area (Å²) in [5.41, 5.74) is 1.53. The van der Waals surface area contributed by atoms with E-state index in [1.807, 2.05) is 19.2 Å². The second kappa shape index (κ2) is 3.68. The molecule has 1 aliphatic heterocycles. The molecule has 0 radical (unpaired) electrons. The van der Waals surface area contributed by atoms with Gasteiger partial charge in [0.15, 0.2) is 17.1 Å². The molecule has 0 amide bonds. The van der Waals surface area contributed by atoms with Crippen molar-refractivity contribution in [1.82, 2.24) is 10.3 Å². The van der Waals surface area contributed by atoms with Crippen molar-refractivity contribution in [2.24, 2.45) is 0 Å². The number of hydrogen-bond donors (Lipinski definition) is 1. The normalized spacial score (nSPS) is 14.3. The van der Waals surface area contributed by atoms with E-state index >= 15 is 0 Å². The number of hydrogen-bond acceptors (Lipinski definition) is 5. The van der Waals surface area contributed by atoms with E-state index in [0.29, 0.717) is 25.6 Å².